The van der Waals surface area contributed by atoms with Crippen molar-refractivity contribution < 1.29 is 14.4 Å². The van der Waals surface area contributed by atoms with E-state index in [9.17, 15) is 14.9 Å². The van der Waals surface area contributed by atoms with Crippen molar-refractivity contribution in [3.63, 3.8) is 0 Å². The average Bonchev–Trinajstić information content (AvgIpc) is 2.99. The highest BCUT2D eigenvalue weighted by atomic mass is 79.9. The number of ether oxygens (including phenoxy) is 2. The highest BCUT2D eigenvalue weighted by Crippen LogP contribution is 2.42. The number of nitro benzene ring substituents is 1. The monoisotopic (exact) mass is 632 g/mol. The van der Waals surface area contributed by atoms with E-state index in [1.165, 1.54) is 23.0 Å². The Morgan fingerprint density at radius 3 is 2.56 bits per heavy atom. The lowest BCUT2D eigenvalue weighted by Crippen LogP contribution is -2.20. The molecule has 0 N–H and O–H groups in total. The lowest BCUT2D eigenvalue weighted by Gasteiger charge is -2.16. The summed E-state index contributed by atoms with van der Waals surface area (Å²) in [5, 5.41) is 16.3. The lowest BCUT2D eigenvalue weighted by atomic mass is 10.2. The number of rotatable bonds is 9. The van der Waals surface area contributed by atoms with E-state index in [-0.39, 0.29) is 28.6 Å². The standard InChI is InChI=1S/C30H22BrClN4O5/c1-2-40-25-16-21(26(31)27(32)28(25)41-18-19-9-8-12-22(15-19)36(38)39)17-33-35-29(20-10-4-3-5-11-20)34-24-14-7-6-13-23(24)30(35)37/h3-17H,2,18H2,1H3. The van der Waals surface area contributed by atoms with Gasteiger partial charge in [0, 0.05) is 27.7 Å². The molecule has 0 amide bonds. The summed E-state index contributed by atoms with van der Waals surface area (Å²) in [6, 6.07) is 24.3. The van der Waals surface area contributed by atoms with Gasteiger partial charge in [0.05, 0.1) is 28.6 Å². The largest absolute Gasteiger partial charge is 0.490 e. The predicted octanol–water partition coefficient (Wildman–Crippen LogP) is 7.25. The molecule has 41 heavy (non-hydrogen) atoms. The summed E-state index contributed by atoms with van der Waals surface area (Å²) in [6.45, 7) is 2.17. The van der Waals surface area contributed by atoms with Gasteiger partial charge in [-0.3, -0.25) is 14.9 Å². The third kappa shape index (κ3) is 5.98. The Labute approximate surface area is 247 Å². The molecular formula is C30H22BrClN4O5. The normalized spacial score (nSPS) is 11.2. The molecule has 0 saturated carbocycles. The van der Waals surface area contributed by atoms with Gasteiger partial charge in [0.25, 0.3) is 11.2 Å². The van der Waals surface area contributed by atoms with E-state index in [0.29, 0.717) is 44.7 Å². The SMILES string of the molecule is CCOc1cc(C=Nn2c(-c3ccccc3)nc3ccccc3c2=O)c(Br)c(Cl)c1OCc1cccc([N+](=O)[O-])c1. The molecule has 5 rings (SSSR count). The minimum Gasteiger partial charge on any atom is -0.490 e. The molecule has 0 bridgehead atoms. The van der Waals surface area contributed by atoms with Crippen molar-refractivity contribution in [2.75, 3.05) is 6.61 Å². The molecule has 206 valence electrons. The Morgan fingerprint density at radius 1 is 1.05 bits per heavy atom. The molecule has 1 aromatic heterocycles. The molecule has 11 heteroatoms. The van der Waals surface area contributed by atoms with Crippen LogP contribution in [0, 0.1) is 10.1 Å². The summed E-state index contributed by atoms with van der Waals surface area (Å²) in [4.78, 5) is 28.9. The average molecular weight is 634 g/mol. The Bertz CT molecular complexity index is 1840. The van der Waals surface area contributed by atoms with Crippen molar-refractivity contribution in [1.29, 1.82) is 0 Å². The molecule has 0 unspecified atom stereocenters. The Balaban J connectivity index is 1.55. The smallest absolute Gasteiger partial charge is 0.282 e. The van der Waals surface area contributed by atoms with Gasteiger partial charge in [-0.1, -0.05) is 66.2 Å². The number of benzene rings is 4. The van der Waals surface area contributed by atoms with Crippen LogP contribution in [0.2, 0.25) is 5.02 Å². The van der Waals surface area contributed by atoms with Gasteiger partial charge >= 0.3 is 0 Å². The number of nitrogens with zero attached hydrogens (tertiary/aromatic N) is 4. The van der Waals surface area contributed by atoms with Crippen LogP contribution in [0.15, 0.2) is 99.3 Å². The van der Waals surface area contributed by atoms with Gasteiger partial charge in [-0.2, -0.15) is 9.78 Å². The van der Waals surface area contributed by atoms with Crippen LogP contribution in [0.1, 0.15) is 18.1 Å². The first kappa shape index (κ1) is 28.0. The predicted molar refractivity (Wildman–Crippen MR) is 162 cm³/mol. The zero-order valence-electron chi connectivity index (χ0n) is 21.7. The summed E-state index contributed by atoms with van der Waals surface area (Å²) < 4.78 is 13.5. The van der Waals surface area contributed by atoms with Crippen molar-refractivity contribution in [3.8, 4) is 22.9 Å². The second-order valence-corrected chi connectivity index (χ2v) is 9.92. The Kier molecular flexibility index (Phi) is 8.42. The fraction of sp³-hybridized carbons (Fsp3) is 0.100. The highest BCUT2D eigenvalue weighted by Gasteiger charge is 2.19. The highest BCUT2D eigenvalue weighted by molar-refractivity contribution is 9.10. The number of hydrogen-bond acceptors (Lipinski definition) is 7. The zero-order valence-corrected chi connectivity index (χ0v) is 24.0. The molecule has 0 spiro atoms. The minimum atomic E-state index is -0.466. The van der Waals surface area contributed by atoms with Crippen molar-refractivity contribution >= 4 is 50.3 Å². The molecule has 0 aliphatic carbocycles. The van der Waals surface area contributed by atoms with Crippen molar-refractivity contribution in [2.24, 2.45) is 5.10 Å². The van der Waals surface area contributed by atoms with Crippen LogP contribution in [-0.2, 0) is 6.61 Å². The van der Waals surface area contributed by atoms with E-state index >= 15 is 0 Å². The van der Waals surface area contributed by atoms with E-state index in [4.69, 9.17) is 26.1 Å². The molecule has 0 atom stereocenters. The van der Waals surface area contributed by atoms with Crippen LogP contribution >= 0.6 is 27.5 Å². The summed E-state index contributed by atoms with van der Waals surface area (Å²) >= 11 is 10.2. The molecule has 5 aromatic rings. The lowest BCUT2D eigenvalue weighted by molar-refractivity contribution is -0.384. The van der Waals surface area contributed by atoms with Crippen molar-refractivity contribution in [2.45, 2.75) is 13.5 Å². The first-order valence-corrected chi connectivity index (χ1v) is 13.7. The third-order valence-corrected chi connectivity index (χ3v) is 7.50. The van der Waals surface area contributed by atoms with Gasteiger partial charge in [-0.05, 0) is 46.6 Å². The molecule has 0 radical (unpaired) electrons. The van der Waals surface area contributed by atoms with E-state index in [0.717, 1.165) is 5.56 Å². The Morgan fingerprint density at radius 2 is 1.80 bits per heavy atom. The maximum absolute atomic E-state index is 13.5. The number of non-ortho nitro benzene ring substituents is 1. The summed E-state index contributed by atoms with van der Waals surface area (Å²) in [5.41, 5.74) is 2.05. The number of halogens is 2. The molecular weight excluding hydrogens is 612 g/mol. The maximum Gasteiger partial charge on any atom is 0.282 e. The van der Waals surface area contributed by atoms with Crippen LogP contribution in [0.25, 0.3) is 22.3 Å². The van der Waals surface area contributed by atoms with Crippen LogP contribution in [0.5, 0.6) is 11.5 Å². The molecule has 4 aromatic carbocycles. The fourth-order valence-corrected chi connectivity index (χ4v) is 4.79. The number of aromatic nitrogens is 2. The van der Waals surface area contributed by atoms with Crippen molar-refractivity contribution in [3.05, 3.63) is 126 Å². The summed E-state index contributed by atoms with van der Waals surface area (Å²) in [6.07, 6.45) is 1.49. The molecule has 0 fully saturated rings. The zero-order chi connectivity index (χ0) is 28.9. The second-order valence-electron chi connectivity index (χ2n) is 8.75. The molecule has 0 aliphatic heterocycles. The van der Waals surface area contributed by atoms with E-state index in [2.05, 4.69) is 21.0 Å². The number of fused-ring (bicyclic) bond motifs is 1. The first-order chi connectivity index (χ1) is 19.9. The van der Waals surface area contributed by atoms with E-state index < -0.39 is 4.92 Å². The number of hydrogen-bond donors (Lipinski definition) is 0. The van der Waals surface area contributed by atoms with Gasteiger partial charge < -0.3 is 9.47 Å². The second kappa shape index (κ2) is 12.3. The quantitative estimate of drug-likeness (QED) is 0.0961. The van der Waals surface area contributed by atoms with E-state index in [1.807, 2.05) is 43.3 Å². The topological polar surface area (TPSA) is 109 Å². The number of para-hydroxylation sites is 1. The third-order valence-electron chi connectivity index (χ3n) is 6.06. The van der Waals surface area contributed by atoms with Crippen molar-refractivity contribution in [1.82, 2.24) is 9.66 Å². The first-order valence-electron chi connectivity index (χ1n) is 12.5. The molecule has 0 aliphatic rings. The van der Waals surface area contributed by atoms with Crippen LogP contribution in [0.3, 0.4) is 0 Å². The van der Waals surface area contributed by atoms with Crippen LogP contribution in [-0.4, -0.2) is 27.4 Å². The maximum atomic E-state index is 13.5. The summed E-state index contributed by atoms with van der Waals surface area (Å²) in [7, 11) is 0. The van der Waals surface area contributed by atoms with Gasteiger partial charge in [0.15, 0.2) is 17.3 Å². The van der Waals surface area contributed by atoms with Gasteiger partial charge in [0.2, 0.25) is 0 Å². The Hall–Kier alpha value is -4.54. The van der Waals surface area contributed by atoms with E-state index in [1.54, 1.807) is 36.4 Å². The van der Waals surface area contributed by atoms with Crippen LogP contribution in [0.4, 0.5) is 5.69 Å². The minimum absolute atomic E-state index is 0.0277. The molecule has 9 nitrogen and oxygen atoms in total. The molecule has 1 heterocycles. The van der Waals surface area contributed by atoms with Gasteiger partial charge in [0.1, 0.15) is 11.6 Å². The van der Waals surface area contributed by atoms with Gasteiger partial charge in [-0.25, -0.2) is 4.98 Å². The fourth-order valence-electron chi connectivity index (χ4n) is 4.14. The van der Waals surface area contributed by atoms with Crippen LogP contribution < -0.4 is 15.0 Å². The van der Waals surface area contributed by atoms with Gasteiger partial charge in [-0.15, -0.1) is 0 Å². The number of nitro groups is 1. The molecule has 0 saturated heterocycles. The summed E-state index contributed by atoms with van der Waals surface area (Å²) in [5.74, 6) is 0.994.